The quantitative estimate of drug-likeness (QED) is 0.311. The van der Waals surface area contributed by atoms with Crippen molar-refractivity contribution in [3.63, 3.8) is 0 Å². The van der Waals surface area contributed by atoms with Crippen molar-refractivity contribution in [1.82, 2.24) is 15.1 Å². The number of carbonyl (C=O) groups excluding carboxylic acids is 4. The molecule has 1 aliphatic carbocycles. The molecule has 3 amide bonds. The van der Waals surface area contributed by atoms with Gasteiger partial charge in [-0.25, -0.2) is 4.39 Å². The molecule has 0 spiro atoms. The number of ketones is 1. The van der Waals surface area contributed by atoms with Gasteiger partial charge in [-0.05, 0) is 60.7 Å². The summed E-state index contributed by atoms with van der Waals surface area (Å²) in [6.07, 6.45) is 4.90. The molecule has 9 nitrogen and oxygen atoms in total. The molecule has 3 atom stereocenters. The Bertz CT molecular complexity index is 1580. The number of Topliss-reactive ketones (excluding diaryl/α,β-unsaturated/α-hetero) is 1. The molecular weight excluding hydrogens is 635 g/mol. The number of piperazine rings is 1. The van der Waals surface area contributed by atoms with Crippen LogP contribution in [0.15, 0.2) is 41.4 Å². The van der Waals surface area contributed by atoms with Crippen molar-refractivity contribution in [2.24, 2.45) is 16.8 Å². The third-order valence-corrected chi connectivity index (χ3v) is 10.3. The second-order valence-corrected chi connectivity index (χ2v) is 13.6. The fourth-order valence-corrected chi connectivity index (χ4v) is 7.04. The van der Waals surface area contributed by atoms with Crippen LogP contribution in [-0.2, 0) is 31.6 Å². The van der Waals surface area contributed by atoms with Crippen LogP contribution in [0.5, 0.6) is 0 Å². The fourth-order valence-electron chi connectivity index (χ4n) is 7.04. The highest BCUT2D eigenvalue weighted by atomic mass is 19.3. The molecule has 1 saturated heterocycles. The number of alkyl halides is 2. The lowest BCUT2D eigenvalue weighted by Crippen LogP contribution is -2.55. The zero-order valence-corrected chi connectivity index (χ0v) is 28.4. The molecule has 1 saturated carbocycles. The van der Waals surface area contributed by atoms with Crippen molar-refractivity contribution in [3.05, 3.63) is 64.5 Å². The zero-order chi connectivity index (χ0) is 35.3. The number of nitrogens with zero attached hydrogens (tertiary/aromatic N) is 3. The lowest BCUT2D eigenvalue weighted by Gasteiger charge is -2.36. The van der Waals surface area contributed by atoms with Gasteiger partial charge in [0.2, 0.25) is 23.5 Å². The standard InChI is InChI=1S/C37H46F3N5O4/c1-4-33(47)43-34(36(49)45-16-14-44(3)15-17-45)23(2)25-11-13-31(30(38)19-25)42-35(48)29(24-8-6-5-7-9-24)20-32(46)37(39,40)28-12-10-26-21-41-22-27(26)18-28/h10-13,18-19,21,23-24,29,34H,4-9,14-17,20,22H2,1-3H3,(H,42,48)(H,43,47)/t23-,29-,34+/m0/s1. The van der Waals surface area contributed by atoms with E-state index in [1.807, 2.05) is 7.05 Å². The normalized spacial score (nSPS) is 18.8. The number of carbonyl (C=O) groups is 4. The Kier molecular flexibility index (Phi) is 11.6. The van der Waals surface area contributed by atoms with Gasteiger partial charge in [-0.3, -0.25) is 24.2 Å². The van der Waals surface area contributed by atoms with Crippen LogP contribution < -0.4 is 10.6 Å². The Labute approximate surface area is 285 Å². The fraction of sp³-hybridized carbons (Fsp3) is 0.541. The van der Waals surface area contributed by atoms with Crippen molar-refractivity contribution in [2.75, 3.05) is 38.5 Å². The number of likely N-dealkylation sites (N-methyl/N-ethyl adjacent to an activating group) is 1. The van der Waals surface area contributed by atoms with Gasteiger partial charge >= 0.3 is 5.92 Å². The first-order chi connectivity index (χ1) is 23.4. The van der Waals surface area contributed by atoms with E-state index >= 15 is 13.2 Å². The van der Waals surface area contributed by atoms with E-state index in [9.17, 15) is 19.2 Å². The van der Waals surface area contributed by atoms with Gasteiger partial charge in [0.25, 0.3) is 0 Å². The largest absolute Gasteiger partial charge is 0.344 e. The van der Waals surface area contributed by atoms with E-state index in [0.29, 0.717) is 50.1 Å². The van der Waals surface area contributed by atoms with Gasteiger partial charge < -0.3 is 20.4 Å². The number of benzene rings is 2. The lowest BCUT2D eigenvalue weighted by atomic mass is 9.76. The molecular formula is C37H46F3N5O4. The molecule has 0 radical (unpaired) electrons. The average molecular weight is 682 g/mol. The molecule has 5 rings (SSSR count). The SMILES string of the molecule is CCC(=O)N[C@@H](C(=O)N1CCN(C)CC1)[C@@H](C)c1ccc(NC(=O)[C@@H](CC(=O)C(F)(F)c2ccc3c(c2)CN=C3)C2CCCCC2)c(F)c1. The van der Waals surface area contributed by atoms with Gasteiger partial charge in [0.05, 0.1) is 12.2 Å². The summed E-state index contributed by atoms with van der Waals surface area (Å²) in [5, 5.41) is 5.39. The third kappa shape index (κ3) is 8.40. The highest BCUT2D eigenvalue weighted by Gasteiger charge is 2.44. The van der Waals surface area contributed by atoms with E-state index in [4.69, 9.17) is 0 Å². The number of aliphatic imine (C=N–C) groups is 1. The molecule has 264 valence electrons. The van der Waals surface area contributed by atoms with Gasteiger partial charge in [-0.2, -0.15) is 8.78 Å². The second-order valence-electron chi connectivity index (χ2n) is 13.6. The summed E-state index contributed by atoms with van der Waals surface area (Å²) in [7, 11) is 1.97. The van der Waals surface area contributed by atoms with Crippen LogP contribution in [0.1, 0.15) is 87.0 Å². The Morgan fingerprint density at radius 1 is 1.00 bits per heavy atom. The summed E-state index contributed by atoms with van der Waals surface area (Å²) < 4.78 is 46.7. The van der Waals surface area contributed by atoms with Gasteiger partial charge in [0, 0.05) is 62.6 Å². The van der Waals surface area contributed by atoms with Crippen molar-refractivity contribution >= 4 is 35.4 Å². The Balaban J connectivity index is 1.32. The molecule has 0 bridgehead atoms. The first kappa shape index (κ1) is 36.2. The van der Waals surface area contributed by atoms with E-state index < -0.39 is 53.3 Å². The van der Waals surface area contributed by atoms with Crippen LogP contribution in [0, 0.1) is 17.7 Å². The number of hydrogen-bond acceptors (Lipinski definition) is 6. The minimum Gasteiger partial charge on any atom is -0.344 e. The number of rotatable bonds is 12. The molecule has 2 aromatic carbocycles. The zero-order valence-electron chi connectivity index (χ0n) is 28.4. The first-order valence-electron chi connectivity index (χ1n) is 17.3. The highest BCUT2D eigenvalue weighted by Crippen LogP contribution is 2.38. The van der Waals surface area contributed by atoms with E-state index in [-0.39, 0.29) is 36.4 Å². The molecule has 2 N–H and O–H groups in total. The van der Waals surface area contributed by atoms with Crippen molar-refractivity contribution in [1.29, 1.82) is 0 Å². The highest BCUT2D eigenvalue weighted by molar-refractivity contribution is 5.97. The van der Waals surface area contributed by atoms with Crippen LogP contribution in [-0.4, -0.2) is 78.8 Å². The first-order valence-corrected chi connectivity index (χ1v) is 17.3. The smallest absolute Gasteiger partial charge is 0.330 e. The summed E-state index contributed by atoms with van der Waals surface area (Å²) in [6, 6.07) is 7.29. The predicted molar refractivity (Wildman–Crippen MR) is 181 cm³/mol. The van der Waals surface area contributed by atoms with Crippen LogP contribution in [0.2, 0.25) is 0 Å². The molecule has 2 aliphatic heterocycles. The Morgan fingerprint density at radius 2 is 1.71 bits per heavy atom. The molecule has 0 unspecified atom stereocenters. The number of halogens is 3. The predicted octanol–water partition coefficient (Wildman–Crippen LogP) is 5.42. The van der Waals surface area contributed by atoms with Crippen molar-refractivity contribution in [3.8, 4) is 0 Å². The van der Waals surface area contributed by atoms with Crippen LogP contribution in [0.25, 0.3) is 0 Å². The number of fused-ring (bicyclic) bond motifs is 1. The number of amides is 3. The summed E-state index contributed by atoms with van der Waals surface area (Å²) in [6.45, 7) is 6.12. The summed E-state index contributed by atoms with van der Waals surface area (Å²) in [5.41, 5.74) is 1.20. The number of nitrogens with one attached hydrogen (secondary N) is 2. The van der Waals surface area contributed by atoms with Crippen molar-refractivity contribution < 1.29 is 32.3 Å². The second kappa shape index (κ2) is 15.7. The molecule has 2 aromatic rings. The van der Waals surface area contributed by atoms with E-state index in [1.54, 1.807) is 31.0 Å². The van der Waals surface area contributed by atoms with Gasteiger partial charge in [0.1, 0.15) is 11.9 Å². The molecule has 0 aromatic heterocycles. The summed E-state index contributed by atoms with van der Waals surface area (Å²) in [5.74, 6) is -9.13. The average Bonchev–Trinajstić information content (AvgIpc) is 3.58. The Hall–Kier alpha value is -4.06. The number of anilines is 1. The molecule has 49 heavy (non-hydrogen) atoms. The summed E-state index contributed by atoms with van der Waals surface area (Å²) in [4.78, 5) is 60.8. The topological polar surface area (TPSA) is 111 Å². The maximum absolute atomic E-state index is 15.6. The monoisotopic (exact) mass is 681 g/mol. The van der Waals surface area contributed by atoms with Crippen molar-refractivity contribution in [2.45, 2.75) is 83.2 Å². The molecule has 3 aliphatic rings. The minimum absolute atomic E-state index is 0.154. The minimum atomic E-state index is -3.81. The molecule has 12 heteroatoms. The number of hydrogen-bond donors (Lipinski definition) is 2. The van der Waals surface area contributed by atoms with Gasteiger partial charge in [-0.15, -0.1) is 0 Å². The van der Waals surface area contributed by atoms with E-state index in [2.05, 4.69) is 20.5 Å². The van der Waals surface area contributed by atoms with Gasteiger partial charge in [0.15, 0.2) is 0 Å². The van der Waals surface area contributed by atoms with E-state index in [1.165, 1.54) is 30.3 Å². The van der Waals surface area contributed by atoms with Crippen LogP contribution >= 0.6 is 0 Å². The summed E-state index contributed by atoms with van der Waals surface area (Å²) >= 11 is 0. The van der Waals surface area contributed by atoms with Gasteiger partial charge in [-0.1, -0.05) is 51.3 Å². The van der Waals surface area contributed by atoms with Crippen LogP contribution in [0.4, 0.5) is 18.9 Å². The maximum Gasteiger partial charge on any atom is 0.330 e. The third-order valence-electron chi connectivity index (χ3n) is 10.3. The Morgan fingerprint density at radius 3 is 2.39 bits per heavy atom. The van der Waals surface area contributed by atoms with Crippen LogP contribution in [0.3, 0.4) is 0 Å². The van der Waals surface area contributed by atoms with E-state index in [0.717, 1.165) is 24.8 Å². The molecule has 2 heterocycles. The molecule has 2 fully saturated rings. The maximum atomic E-state index is 15.6. The lowest BCUT2D eigenvalue weighted by molar-refractivity contribution is -0.147.